The molecule has 0 radical (unpaired) electrons. The van der Waals surface area contributed by atoms with Crippen molar-refractivity contribution in [3.05, 3.63) is 35.9 Å². The number of benzene rings is 1. The average molecular weight is 255 g/mol. The molecule has 5 heteroatoms. The van der Waals surface area contributed by atoms with Gasteiger partial charge in [-0.1, -0.05) is 30.3 Å². The van der Waals surface area contributed by atoms with Crippen LogP contribution in [-0.2, 0) is 15.8 Å². The lowest BCUT2D eigenvalue weighted by Crippen LogP contribution is -2.56. The average Bonchev–Trinajstić information content (AvgIpc) is 2.24. The summed E-state index contributed by atoms with van der Waals surface area (Å²) in [6.45, 7) is -0.124. The Morgan fingerprint density at radius 2 is 1.88 bits per heavy atom. The van der Waals surface area contributed by atoms with Crippen molar-refractivity contribution in [2.24, 2.45) is 0 Å². The van der Waals surface area contributed by atoms with Gasteiger partial charge in [0.05, 0.1) is 17.9 Å². The lowest BCUT2D eigenvalue weighted by Gasteiger charge is -2.40. The Morgan fingerprint density at radius 3 is 2.35 bits per heavy atom. The Morgan fingerprint density at radius 1 is 1.24 bits per heavy atom. The summed E-state index contributed by atoms with van der Waals surface area (Å²) < 4.78 is 26.5. The topological polar surface area (TPSA) is 66.4 Å². The highest BCUT2D eigenvalue weighted by Gasteiger charge is 2.39. The lowest BCUT2D eigenvalue weighted by molar-refractivity contribution is 0.110. The standard InChI is InChI=1S/C12H17NO3S/c14-10-12(7-4-8-12)13-17(15,16)9-11-5-2-1-3-6-11/h1-3,5-6,13-14H,4,7-10H2. The summed E-state index contributed by atoms with van der Waals surface area (Å²) >= 11 is 0. The minimum Gasteiger partial charge on any atom is -0.394 e. The monoisotopic (exact) mass is 255 g/mol. The minimum absolute atomic E-state index is 0.0322. The van der Waals surface area contributed by atoms with Crippen LogP contribution in [-0.4, -0.2) is 25.7 Å². The number of sulfonamides is 1. The first-order valence-electron chi connectivity index (χ1n) is 5.72. The second-order valence-electron chi connectivity index (χ2n) is 4.64. The summed E-state index contributed by atoms with van der Waals surface area (Å²) in [6, 6.07) is 9.05. The van der Waals surface area contributed by atoms with Crippen LogP contribution >= 0.6 is 0 Å². The van der Waals surface area contributed by atoms with Gasteiger partial charge in [0, 0.05) is 0 Å². The number of aliphatic hydroxyl groups is 1. The zero-order valence-corrected chi connectivity index (χ0v) is 10.4. The van der Waals surface area contributed by atoms with Gasteiger partial charge in [0.2, 0.25) is 10.0 Å². The van der Waals surface area contributed by atoms with Crippen molar-refractivity contribution in [3.63, 3.8) is 0 Å². The molecule has 17 heavy (non-hydrogen) atoms. The van der Waals surface area contributed by atoms with Gasteiger partial charge in [-0.25, -0.2) is 13.1 Å². The molecular weight excluding hydrogens is 238 g/mol. The van der Waals surface area contributed by atoms with Gasteiger partial charge in [0.15, 0.2) is 0 Å². The van der Waals surface area contributed by atoms with E-state index in [-0.39, 0.29) is 12.4 Å². The van der Waals surface area contributed by atoms with Gasteiger partial charge in [-0.2, -0.15) is 0 Å². The fraction of sp³-hybridized carbons (Fsp3) is 0.500. The van der Waals surface area contributed by atoms with Gasteiger partial charge < -0.3 is 5.11 Å². The van der Waals surface area contributed by atoms with Crippen molar-refractivity contribution in [2.75, 3.05) is 6.61 Å². The molecule has 1 aliphatic carbocycles. The first-order valence-corrected chi connectivity index (χ1v) is 7.37. The summed E-state index contributed by atoms with van der Waals surface area (Å²) in [5.41, 5.74) is 0.153. The van der Waals surface area contributed by atoms with Crippen LogP contribution in [0.1, 0.15) is 24.8 Å². The highest BCUT2D eigenvalue weighted by molar-refractivity contribution is 7.88. The number of hydrogen-bond acceptors (Lipinski definition) is 3. The number of rotatable bonds is 5. The number of aliphatic hydroxyl groups excluding tert-OH is 1. The molecule has 1 saturated carbocycles. The van der Waals surface area contributed by atoms with E-state index in [1.54, 1.807) is 12.1 Å². The van der Waals surface area contributed by atoms with Crippen LogP contribution in [0, 0.1) is 0 Å². The van der Waals surface area contributed by atoms with Gasteiger partial charge in [0.1, 0.15) is 0 Å². The lowest BCUT2D eigenvalue weighted by atomic mass is 9.78. The van der Waals surface area contributed by atoms with Crippen LogP contribution in [0.15, 0.2) is 30.3 Å². The molecule has 94 valence electrons. The van der Waals surface area contributed by atoms with Crippen LogP contribution in [0.5, 0.6) is 0 Å². The van der Waals surface area contributed by atoms with Crippen molar-refractivity contribution in [1.82, 2.24) is 4.72 Å². The van der Waals surface area contributed by atoms with Gasteiger partial charge >= 0.3 is 0 Å². The van der Waals surface area contributed by atoms with Crippen LogP contribution in [0.2, 0.25) is 0 Å². The Hall–Kier alpha value is -0.910. The molecule has 0 spiro atoms. The predicted octanol–water partition coefficient (Wildman–Crippen LogP) is 1.02. The van der Waals surface area contributed by atoms with E-state index in [0.29, 0.717) is 0 Å². The van der Waals surface area contributed by atoms with Crippen molar-refractivity contribution in [3.8, 4) is 0 Å². The molecule has 0 aromatic heterocycles. The highest BCUT2D eigenvalue weighted by atomic mass is 32.2. The molecule has 1 fully saturated rings. The van der Waals surface area contributed by atoms with E-state index in [1.807, 2.05) is 18.2 Å². The molecule has 0 bridgehead atoms. The Kier molecular flexibility index (Phi) is 3.51. The molecule has 0 heterocycles. The summed E-state index contributed by atoms with van der Waals surface area (Å²) in [5.74, 6) is -0.0322. The molecule has 0 unspecified atom stereocenters. The highest BCUT2D eigenvalue weighted by Crippen LogP contribution is 2.32. The van der Waals surface area contributed by atoms with E-state index in [4.69, 9.17) is 0 Å². The number of nitrogens with one attached hydrogen (secondary N) is 1. The fourth-order valence-electron chi connectivity index (χ4n) is 2.06. The molecule has 1 aliphatic rings. The van der Waals surface area contributed by atoms with E-state index in [2.05, 4.69) is 4.72 Å². The van der Waals surface area contributed by atoms with E-state index in [9.17, 15) is 13.5 Å². The Balaban J connectivity index is 2.05. The van der Waals surface area contributed by atoms with Crippen molar-refractivity contribution < 1.29 is 13.5 Å². The van der Waals surface area contributed by atoms with Crippen LogP contribution in [0.4, 0.5) is 0 Å². The normalized spacial score (nSPS) is 18.6. The quantitative estimate of drug-likeness (QED) is 0.825. The smallest absolute Gasteiger partial charge is 0.216 e. The predicted molar refractivity (Wildman–Crippen MR) is 65.9 cm³/mol. The maximum Gasteiger partial charge on any atom is 0.216 e. The maximum atomic E-state index is 11.9. The van der Waals surface area contributed by atoms with E-state index < -0.39 is 15.6 Å². The van der Waals surface area contributed by atoms with Crippen LogP contribution in [0.3, 0.4) is 0 Å². The second-order valence-corrected chi connectivity index (χ2v) is 6.36. The third-order valence-electron chi connectivity index (χ3n) is 3.18. The molecule has 0 aliphatic heterocycles. The second kappa shape index (κ2) is 4.76. The van der Waals surface area contributed by atoms with Gasteiger partial charge in [-0.3, -0.25) is 0 Å². The molecule has 2 rings (SSSR count). The molecule has 4 nitrogen and oxygen atoms in total. The van der Waals surface area contributed by atoms with E-state index in [0.717, 1.165) is 24.8 Å². The zero-order valence-electron chi connectivity index (χ0n) is 9.59. The summed E-state index contributed by atoms with van der Waals surface area (Å²) in [5, 5.41) is 9.24. The molecule has 1 aromatic carbocycles. The van der Waals surface area contributed by atoms with Gasteiger partial charge in [-0.05, 0) is 24.8 Å². The minimum atomic E-state index is -3.38. The molecule has 0 atom stereocenters. The molecule has 1 aromatic rings. The summed E-state index contributed by atoms with van der Waals surface area (Å²) in [6.07, 6.45) is 2.41. The van der Waals surface area contributed by atoms with E-state index in [1.165, 1.54) is 0 Å². The zero-order chi connectivity index (χ0) is 12.4. The molecule has 0 amide bonds. The summed E-state index contributed by atoms with van der Waals surface area (Å²) in [4.78, 5) is 0. The van der Waals surface area contributed by atoms with Crippen molar-refractivity contribution in [2.45, 2.75) is 30.6 Å². The van der Waals surface area contributed by atoms with Gasteiger partial charge in [-0.15, -0.1) is 0 Å². The van der Waals surface area contributed by atoms with Gasteiger partial charge in [0.25, 0.3) is 0 Å². The number of hydrogen-bond donors (Lipinski definition) is 2. The largest absolute Gasteiger partial charge is 0.394 e. The first kappa shape index (κ1) is 12.5. The maximum absolute atomic E-state index is 11.9. The van der Waals surface area contributed by atoms with Crippen LogP contribution < -0.4 is 4.72 Å². The van der Waals surface area contributed by atoms with Crippen molar-refractivity contribution in [1.29, 1.82) is 0 Å². The molecular formula is C12H17NO3S. The SMILES string of the molecule is O=S(=O)(Cc1ccccc1)NC1(CO)CCC1. The first-order chi connectivity index (χ1) is 8.05. The fourth-order valence-corrected chi connectivity index (χ4v) is 3.69. The Bertz CT molecular complexity index is 460. The van der Waals surface area contributed by atoms with E-state index >= 15 is 0 Å². The third-order valence-corrected chi connectivity index (χ3v) is 4.64. The van der Waals surface area contributed by atoms with Crippen molar-refractivity contribution >= 4 is 10.0 Å². The molecule has 2 N–H and O–H groups in total. The Labute approximate surface area is 102 Å². The molecule has 0 saturated heterocycles. The summed E-state index contributed by atoms with van der Waals surface area (Å²) in [7, 11) is -3.38. The third kappa shape index (κ3) is 3.06. The van der Waals surface area contributed by atoms with Crippen LogP contribution in [0.25, 0.3) is 0 Å².